The zero-order valence-corrected chi connectivity index (χ0v) is 14.7. The average molecular weight is 397 g/mol. The lowest BCUT2D eigenvalue weighted by atomic mass is 10.2. The zero-order chi connectivity index (χ0) is 19.7. The quantitative estimate of drug-likeness (QED) is 0.677. The van der Waals surface area contributed by atoms with Crippen LogP contribution in [0.15, 0.2) is 64.0 Å². The van der Waals surface area contributed by atoms with E-state index in [2.05, 4.69) is 18.8 Å². The third-order valence-corrected chi connectivity index (χ3v) is 5.51. The molecular formula is C17H14F3N3O3S. The number of hydrogen-bond donors (Lipinski definition) is 2. The molecule has 0 aliphatic carbocycles. The Labute approximate surface area is 152 Å². The highest BCUT2D eigenvalue weighted by Gasteiger charge is 2.30. The number of benzene rings is 2. The predicted octanol–water partition coefficient (Wildman–Crippen LogP) is 4.62. The number of alkyl halides is 3. The van der Waals surface area contributed by atoms with Gasteiger partial charge in [-0.15, -0.1) is 0 Å². The first-order valence-corrected chi connectivity index (χ1v) is 9.11. The van der Waals surface area contributed by atoms with E-state index in [1.165, 1.54) is 6.20 Å². The molecule has 0 aliphatic heterocycles. The molecule has 0 fully saturated rings. The number of carbonyl (C=O) groups excluding carboxylic acids is 1. The minimum atomic E-state index is -4.54. The van der Waals surface area contributed by atoms with Crippen molar-refractivity contribution in [2.45, 2.75) is 11.1 Å². The van der Waals surface area contributed by atoms with E-state index in [1.807, 2.05) is 0 Å². The molecule has 10 heteroatoms. The van der Waals surface area contributed by atoms with Gasteiger partial charge in [-0.05, 0) is 30.3 Å². The van der Waals surface area contributed by atoms with Gasteiger partial charge in [0.15, 0.2) is 9.92 Å². The number of methoxy groups -OCH3 is 1. The largest absolute Gasteiger partial charge is 0.452 e. The van der Waals surface area contributed by atoms with Gasteiger partial charge in [0, 0.05) is 17.1 Å². The van der Waals surface area contributed by atoms with Gasteiger partial charge in [-0.2, -0.15) is 17.5 Å². The minimum Gasteiger partial charge on any atom is -0.452 e. The van der Waals surface area contributed by atoms with Crippen molar-refractivity contribution in [3.63, 3.8) is 0 Å². The number of para-hydroxylation sites is 1. The van der Waals surface area contributed by atoms with Crippen molar-refractivity contribution in [3.05, 3.63) is 60.3 Å². The fraction of sp³-hybridized carbons (Fsp3) is 0.118. The first kappa shape index (κ1) is 18.8. The van der Waals surface area contributed by atoms with Crippen molar-refractivity contribution < 1.29 is 26.9 Å². The summed E-state index contributed by atoms with van der Waals surface area (Å²) in [6.07, 6.45) is -4.07. The van der Waals surface area contributed by atoms with Crippen LogP contribution in [-0.2, 0) is 20.8 Å². The molecule has 0 radical (unpaired) electrons. The molecule has 142 valence electrons. The summed E-state index contributed by atoms with van der Waals surface area (Å²) >= 11 is 0. The topological polar surface area (TPSA) is 83.5 Å². The summed E-state index contributed by atoms with van der Waals surface area (Å²) in [7, 11) is -2.57. The SMILES string of the molecule is COC(=O)NS(=O)(=Nc1c[nH]c2ccccc12)c1ccc(C(F)(F)F)cc1. The highest BCUT2D eigenvalue weighted by Crippen LogP contribution is 2.31. The van der Waals surface area contributed by atoms with Gasteiger partial charge in [-0.3, -0.25) is 0 Å². The van der Waals surface area contributed by atoms with Crippen molar-refractivity contribution in [1.82, 2.24) is 9.71 Å². The van der Waals surface area contributed by atoms with Gasteiger partial charge in [0.2, 0.25) is 0 Å². The molecule has 0 aliphatic rings. The molecule has 3 rings (SSSR count). The zero-order valence-electron chi connectivity index (χ0n) is 13.9. The molecule has 0 bridgehead atoms. The lowest BCUT2D eigenvalue weighted by Gasteiger charge is -2.13. The number of ether oxygens (including phenoxy) is 1. The van der Waals surface area contributed by atoms with Crippen molar-refractivity contribution in [1.29, 1.82) is 0 Å². The summed E-state index contributed by atoms with van der Waals surface area (Å²) in [6.45, 7) is 0. The Hall–Kier alpha value is -3.01. The smallest absolute Gasteiger partial charge is 0.419 e. The van der Waals surface area contributed by atoms with E-state index in [9.17, 15) is 22.2 Å². The molecule has 1 amide bonds. The Morgan fingerprint density at radius 3 is 2.44 bits per heavy atom. The van der Waals surface area contributed by atoms with Crippen LogP contribution in [0, 0.1) is 0 Å². The molecule has 1 atom stereocenters. The Morgan fingerprint density at radius 1 is 1.15 bits per heavy atom. The fourth-order valence-corrected chi connectivity index (χ4v) is 3.90. The highest BCUT2D eigenvalue weighted by atomic mass is 32.2. The number of nitrogens with zero attached hydrogens (tertiary/aromatic N) is 1. The fourth-order valence-electron chi connectivity index (χ4n) is 2.39. The lowest BCUT2D eigenvalue weighted by molar-refractivity contribution is -0.137. The monoisotopic (exact) mass is 397 g/mol. The number of rotatable bonds is 3. The molecule has 1 heterocycles. The minimum absolute atomic E-state index is 0.0915. The summed E-state index contributed by atoms with van der Waals surface area (Å²) in [5, 5.41) is 0.642. The van der Waals surface area contributed by atoms with E-state index < -0.39 is 27.7 Å². The van der Waals surface area contributed by atoms with Crippen LogP contribution in [0.5, 0.6) is 0 Å². The second-order valence-corrected chi connectivity index (χ2v) is 7.36. The van der Waals surface area contributed by atoms with Crippen LogP contribution in [0.4, 0.5) is 23.7 Å². The number of nitrogens with one attached hydrogen (secondary N) is 2. The summed E-state index contributed by atoms with van der Waals surface area (Å²) in [4.78, 5) is 14.5. The standard InChI is InChI=1S/C17H14F3N3O3S/c1-26-16(24)23-27(25,12-8-6-11(7-9-12)17(18,19)20)22-15-10-21-14-5-3-2-4-13(14)15/h2-10,21H,1H3,(H,22,23,24,25). The number of halogens is 3. The first-order chi connectivity index (χ1) is 12.7. The molecule has 1 unspecified atom stereocenters. The molecule has 6 nitrogen and oxygen atoms in total. The van der Waals surface area contributed by atoms with Crippen LogP contribution in [0.2, 0.25) is 0 Å². The third-order valence-electron chi connectivity index (χ3n) is 3.70. The van der Waals surface area contributed by atoms with Crippen LogP contribution in [-0.4, -0.2) is 22.4 Å². The van der Waals surface area contributed by atoms with E-state index in [0.717, 1.165) is 36.9 Å². The average Bonchev–Trinajstić information content (AvgIpc) is 3.04. The first-order valence-electron chi connectivity index (χ1n) is 7.59. The van der Waals surface area contributed by atoms with Crippen LogP contribution in [0.1, 0.15) is 5.56 Å². The molecule has 1 aromatic heterocycles. The Bertz CT molecular complexity index is 1100. The van der Waals surface area contributed by atoms with Crippen molar-refractivity contribution in [3.8, 4) is 0 Å². The van der Waals surface area contributed by atoms with Crippen LogP contribution in [0.3, 0.4) is 0 Å². The molecule has 2 N–H and O–H groups in total. The number of carbonyl (C=O) groups is 1. The van der Waals surface area contributed by atoms with Gasteiger partial charge in [0.1, 0.15) is 5.69 Å². The Morgan fingerprint density at radius 2 is 1.81 bits per heavy atom. The molecule has 3 aromatic rings. The molecule has 0 saturated heterocycles. The molecular weight excluding hydrogens is 383 g/mol. The number of amides is 1. The van der Waals surface area contributed by atoms with E-state index in [4.69, 9.17) is 0 Å². The van der Waals surface area contributed by atoms with Crippen LogP contribution < -0.4 is 4.72 Å². The maximum Gasteiger partial charge on any atom is 0.419 e. The number of fused-ring (bicyclic) bond motifs is 1. The second-order valence-electron chi connectivity index (χ2n) is 5.45. The summed E-state index contributed by atoms with van der Waals surface area (Å²) < 4.78 is 62.4. The van der Waals surface area contributed by atoms with Gasteiger partial charge in [0.05, 0.1) is 17.6 Å². The molecule has 27 heavy (non-hydrogen) atoms. The summed E-state index contributed by atoms with van der Waals surface area (Å²) in [5.74, 6) is 0. The van der Waals surface area contributed by atoms with Gasteiger partial charge < -0.3 is 9.72 Å². The highest BCUT2D eigenvalue weighted by molar-refractivity contribution is 7.92. The van der Waals surface area contributed by atoms with Crippen LogP contribution in [0.25, 0.3) is 10.9 Å². The number of H-pyrrole nitrogens is 1. The Kier molecular flexibility index (Phi) is 4.83. The Balaban J connectivity index is 2.15. The van der Waals surface area contributed by atoms with Crippen LogP contribution >= 0.6 is 0 Å². The number of aromatic nitrogens is 1. The van der Waals surface area contributed by atoms with E-state index in [1.54, 1.807) is 24.3 Å². The number of aromatic amines is 1. The third kappa shape index (κ3) is 3.90. The summed E-state index contributed by atoms with van der Waals surface area (Å²) in [6, 6.07) is 10.6. The predicted molar refractivity (Wildman–Crippen MR) is 93.8 cm³/mol. The van der Waals surface area contributed by atoms with E-state index >= 15 is 0 Å². The summed E-state index contributed by atoms with van der Waals surface area (Å²) in [5.41, 5.74) is 0.105. The second kappa shape index (κ2) is 6.95. The normalized spacial score (nSPS) is 13.8. The van der Waals surface area contributed by atoms with Gasteiger partial charge in [-0.25, -0.2) is 13.7 Å². The maximum atomic E-state index is 13.4. The lowest BCUT2D eigenvalue weighted by Crippen LogP contribution is -2.30. The molecule has 0 spiro atoms. The number of hydrogen-bond acceptors (Lipinski definition) is 4. The molecule has 2 aromatic carbocycles. The van der Waals surface area contributed by atoms with Crippen molar-refractivity contribution in [2.75, 3.05) is 7.11 Å². The van der Waals surface area contributed by atoms with E-state index in [-0.39, 0.29) is 10.6 Å². The van der Waals surface area contributed by atoms with Crippen molar-refractivity contribution in [2.24, 2.45) is 4.36 Å². The van der Waals surface area contributed by atoms with E-state index in [0.29, 0.717) is 5.39 Å². The van der Waals surface area contributed by atoms with Gasteiger partial charge in [0.25, 0.3) is 0 Å². The van der Waals surface area contributed by atoms with Gasteiger partial charge >= 0.3 is 12.3 Å². The maximum absolute atomic E-state index is 13.4. The van der Waals surface area contributed by atoms with Crippen molar-refractivity contribution >= 4 is 32.6 Å². The molecule has 0 saturated carbocycles. The van der Waals surface area contributed by atoms with Gasteiger partial charge in [-0.1, -0.05) is 18.2 Å².